The molecular formula is C28H28F3N5O5S3. The largest absolute Gasteiger partial charge is 0.417 e. The first-order valence-corrected chi connectivity index (χ1v) is 17.4. The van der Waals surface area contributed by atoms with Crippen LogP contribution in [0.5, 0.6) is 0 Å². The summed E-state index contributed by atoms with van der Waals surface area (Å²) in [6, 6.07) is 0.213. The fourth-order valence-corrected chi connectivity index (χ4v) is 11.5. The van der Waals surface area contributed by atoms with Crippen molar-refractivity contribution in [3.63, 3.8) is 0 Å². The summed E-state index contributed by atoms with van der Waals surface area (Å²) >= 11 is 2.08. The number of benzene rings is 1. The van der Waals surface area contributed by atoms with Gasteiger partial charge in [0.05, 0.1) is 28.1 Å². The van der Waals surface area contributed by atoms with Crippen molar-refractivity contribution < 1.29 is 31.2 Å². The Morgan fingerprint density at radius 2 is 1.84 bits per heavy atom. The highest BCUT2D eigenvalue weighted by atomic mass is 32.2. The molecule has 0 bridgehead atoms. The van der Waals surface area contributed by atoms with Gasteiger partial charge >= 0.3 is 11.9 Å². The van der Waals surface area contributed by atoms with Gasteiger partial charge in [-0.05, 0) is 31.4 Å². The highest BCUT2D eigenvalue weighted by Crippen LogP contribution is 2.52. The van der Waals surface area contributed by atoms with Gasteiger partial charge in [-0.15, -0.1) is 11.8 Å². The number of sulfone groups is 1. The van der Waals surface area contributed by atoms with Crippen LogP contribution in [0.3, 0.4) is 0 Å². The number of carbonyl (C=O) groups excluding carboxylic acids is 2. The molecule has 0 saturated carbocycles. The first-order valence-electron chi connectivity index (χ1n) is 13.6. The van der Waals surface area contributed by atoms with Crippen molar-refractivity contribution in [3.05, 3.63) is 51.1 Å². The number of hydrogen-bond acceptors (Lipinski definition) is 9. The number of primary amides is 1. The molecule has 5 heterocycles. The number of nitrogens with zero attached hydrogens (tertiary/aromatic N) is 4. The van der Waals surface area contributed by atoms with E-state index in [0.717, 1.165) is 29.2 Å². The smallest absolute Gasteiger partial charge is 0.366 e. The lowest BCUT2D eigenvalue weighted by molar-refractivity contribution is -0.137. The quantitative estimate of drug-likeness (QED) is 0.419. The number of anilines is 1. The Balaban J connectivity index is 1.65. The number of halogens is 3. The van der Waals surface area contributed by atoms with Gasteiger partial charge in [-0.25, -0.2) is 13.2 Å². The van der Waals surface area contributed by atoms with E-state index in [0.29, 0.717) is 0 Å². The monoisotopic (exact) mass is 667 g/mol. The maximum absolute atomic E-state index is 15.0. The number of piperazine rings is 1. The van der Waals surface area contributed by atoms with E-state index < -0.39 is 38.6 Å². The van der Waals surface area contributed by atoms with E-state index >= 15 is 0 Å². The van der Waals surface area contributed by atoms with Crippen molar-refractivity contribution >= 4 is 61.5 Å². The average molecular weight is 668 g/mol. The van der Waals surface area contributed by atoms with Gasteiger partial charge in [-0.1, -0.05) is 6.58 Å². The summed E-state index contributed by atoms with van der Waals surface area (Å²) in [5.74, 6) is -1.42. The van der Waals surface area contributed by atoms with Gasteiger partial charge in [0.25, 0.3) is 0 Å². The minimum atomic E-state index is -4.88. The molecule has 2 saturated heterocycles. The van der Waals surface area contributed by atoms with Crippen molar-refractivity contribution in [1.29, 1.82) is 0 Å². The maximum Gasteiger partial charge on any atom is 0.417 e. The zero-order valence-corrected chi connectivity index (χ0v) is 26.1. The van der Waals surface area contributed by atoms with Crippen LogP contribution in [0, 0.1) is 5.41 Å². The molecule has 44 heavy (non-hydrogen) atoms. The molecule has 1 aromatic carbocycles. The summed E-state index contributed by atoms with van der Waals surface area (Å²) in [7, 11) is -3.37. The number of alkyl halides is 3. The number of thioether (sulfide) groups is 1. The lowest BCUT2D eigenvalue weighted by Gasteiger charge is -2.44. The molecule has 2 fully saturated rings. The second kappa shape index (κ2) is 10.3. The van der Waals surface area contributed by atoms with Gasteiger partial charge in [0.15, 0.2) is 9.84 Å². The Kier molecular flexibility index (Phi) is 7.20. The Hall–Kier alpha value is -3.37. The first kappa shape index (κ1) is 30.6. The highest BCUT2D eigenvalue weighted by molar-refractivity contribution is 8.00. The Morgan fingerprint density at radius 1 is 1.18 bits per heavy atom. The van der Waals surface area contributed by atoms with Gasteiger partial charge in [-0.3, -0.25) is 14.2 Å². The summed E-state index contributed by atoms with van der Waals surface area (Å²) in [6.07, 6.45) is -3.68. The van der Waals surface area contributed by atoms with Crippen molar-refractivity contribution in [2.24, 2.45) is 11.1 Å². The van der Waals surface area contributed by atoms with Crippen LogP contribution in [-0.2, 0) is 27.4 Å². The zero-order valence-electron chi connectivity index (χ0n) is 23.7. The van der Waals surface area contributed by atoms with Crippen molar-refractivity contribution in [2.75, 3.05) is 35.2 Å². The standard InChI is InChI=1S/C28H28F3N5O5S3/c1-4-20(37)36-14(2)6-34(7-15(36)3)25-16-5-19(28(29,30)31)21(17-8-42-9-18(17)24(32)38)23-22(16)35(26(39)33-25)10-27(11-43-23)12-44(40,41)13-27/h4-5,8-9,14-15H,1,6-7,10-13H2,2-3H3,(H2,32,38)/t14-,15+. The predicted molar refractivity (Wildman–Crippen MR) is 163 cm³/mol. The van der Waals surface area contributed by atoms with Crippen LogP contribution in [-0.4, -0.2) is 77.1 Å². The van der Waals surface area contributed by atoms with E-state index in [-0.39, 0.29) is 93.2 Å². The Labute approximate surface area is 258 Å². The molecule has 0 aliphatic carbocycles. The molecule has 1 spiro atoms. The van der Waals surface area contributed by atoms with Gasteiger partial charge in [-0.2, -0.15) is 29.5 Å². The van der Waals surface area contributed by atoms with Gasteiger partial charge < -0.3 is 15.5 Å². The second-order valence-corrected chi connectivity index (χ2v) is 15.6. The molecule has 2 atom stereocenters. The number of rotatable bonds is 4. The van der Waals surface area contributed by atoms with Crippen LogP contribution in [0.2, 0.25) is 0 Å². The number of hydrogen-bond donors (Lipinski definition) is 1. The summed E-state index contributed by atoms with van der Waals surface area (Å²) < 4.78 is 70.8. The number of carbonyl (C=O) groups is 2. The number of aromatic nitrogens is 2. The van der Waals surface area contributed by atoms with Crippen LogP contribution in [0.25, 0.3) is 22.0 Å². The van der Waals surface area contributed by atoms with Crippen LogP contribution in [0.1, 0.15) is 29.8 Å². The number of thiophene rings is 1. The molecule has 0 unspecified atom stereocenters. The molecule has 3 aromatic rings. The molecular weight excluding hydrogens is 640 g/mol. The molecule has 234 valence electrons. The van der Waals surface area contributed by atoms with Crippen LogP contribution in [0.4, 0.5) is 19.0 Å². The fraction of sp³-hybridized carbons (Fsp3) is 0.429. The molecule has 2 amide bonds. The fourth-order valence-electron chi connectivity index (χ4n) is 6.80. The molecule has 2 aromatic heterocycles. The van der Waals surface area contributed by atoms with Gasteiger partial charge in [0.2, 0.25) is 11.8 Å². The summed E-state index contributed by atoms with van der Waals surface area (Å²) in [6.45, 7) is 7.49. The Morgan fingerprint density at radius 3 is 2.41 bits per heavy atom. The van der Waals surface area contributed by atoms with Crippen LogP contribution in [0.15, 0.2) is 39.2 Å². The SMILES string of the molecule is C=CC(=O)N1[C@H](C)CN(c2nc(=O)n3c4c(c(-c5cscc5C(N)=O)c(C(F)(F)F)cc24)SCC2(C3)CS(=O)(=O)C2)C[C@@H]1C. The molecule has 16 heteroatoms. The molecule has 3 aliphatic rings. The summed E-state index contributed by atoms with van der Waals surface area (Å²) in [5, 5.41) is 2.88. The van der Waals surface area contributed by atoms with E-state index in [1.165, 1.54) is 21.4 Å². The van der Waals surface area contributed by atoms with Crippen molar-refractivity contribution in [1.82, 2.24) is 14.5 Å². The summed E-state index contributed by atoms with van der Waals surface area (Å²) in [4.78, 5) is 46.4. The predicted octanol–water partition coefficient (Wildman–Crippen LogP) is 3.37. The lowest BCUT2D eigenvalue weighted by atomic mass is 9.93. The minimum Gasteiger partial charge on any atom is -0.366 e. The third-order valence-electron chi connectivity index (χ3n) is 8.42. The topological polar surface area (TPSA) is 136 Å². The molecule has 10 nitrogen and oxygen atoms in total. The Bertz CT molecular complexity index is 1900. The second-order valence-electron chi connectivity index (χ2n) is 11.8. The van der Waals surface area contributed by atoms with Crippen LogP contribution < -0.4 is 16.3 Å². The first-order chi connectivity index (χ1) is 20.6. The van der Waals surface area contributed by atoms with Gasteiger partial charge in [0.1, 0.15) is 5.82 Å². The van der Waals surface area contributed by atoms with E-state index in [2.05, 4.69) is 11.6 Å². The van der Waals surface area contributed by atoms with Crippen molar-refractivity contribution in [2.45, 2.75) is 43.5 Å². The number of amides is 2. The molecule has 0 radical (unpaired) electrons. The summed E-state index contributed by atoms with van der Waals surface area (Å²) in [5.41, 5.74) is 2.75. The third kappa shape index (κ3) is 4.90. The maximum atomic E-state index is 15.0. The molecule has 2 N–H and O–H groups in total. The van der Waals surface area contributed by atoms with Gasteiger partial charge in [0, 0.05) is 69.7 Å². The third-order valence-corrected chi connectivity index (χ3v) is 12.7. The minimum absolute atomic E-state index is 0.00689. The lowest BCUT2D eigenvalue weighted by Crippen LogP contribution is -2.59. The molecule has 3 aliphatic heterocycles. The van der Waals surface area contributed by atoms with E-state index in [1.807, 2.05) is 0 Å². The zero-order chi connectivity index (χ0) is 31.9. The molecule has 6 rings (SSSR count). The number of nitrogens with two attached hydrogens (primary N) is 1. The normalized spacial score (nSPS) is 22.5. The average Bonchev–Trinajstić information content (AvgIpc) is 3.33. The van der Waals surface area contributed by atoms with E-state index in [1.54, 1.807) is 23.6 Å². The van der Waals surface area contributed by atoms with Crippen molar-refractivity contribution in [3.8, 4) is 11.1 Å². The highest BCUT2D eigenvalue weighted by Gasteiger charge is 2.51. The van der Waals surface area contributed by atoms with Crippen LogP contribution >= 0.6 is 23.1 Å². The van der Waals surface area contributed by atoms with E-state index in [9.17, 15) is 36.0 Å². The van der Waals surface area contributed by atoms with E-state index in [4.69, 9.17) is 5.73 Å².